The molecule has 1 amide bonds. The first kappa shape index (κ1) is 14.9. The molecule has 0 spiro atoms. The van der Waals surface area contributed by atoms with E-state index in [0.717, 1.165) is 22.4 Å². The number of carbonyl (C=O) groups excluding carboxylic acids is 1. The standard InChI is InChI=1S/C17H17N5O/c1-22-12-15(11-21-22)17-14(5-3-7-19-17)10-20-16(23)8-13-4-2-6-18-9-13/h2-7,9,11-12H,8,10H2,1H3,(H,20,23). The summed E-state index contributed by atoms with van der Waals surface area (Å²) < 4.78 is 1.73. The van der Waals surface area contributed by atoms with Gasteiger partial charge in [-0.15, -0.1) is 0 Å². The average Bonchev–Trinajstić information content (AvgIpc) is 3.00. The smallest absolute Gasteiger partial charge is 0.224 e. The maximum absolute atomic E-state index is 12.1. The van der Waals surface area contributed by atoms with Gasteiger partial charge in [-0.25, -0.2) is 0 Å². The van der Waals surface area contributed by atoms with Gasteiger partial charge in [0.1, 0.15) is 0 Å². The van der Waals surface area contributed by atoms with E-state index in [9.17, 15) is 4.79 Å². The van der Waals surface area contributed by atoms with Gasteiger partial charge in [0.2, 0.25) is 5.91 Å². The third-order valence-corrected chi connectivity index (χ3v) is 3.43. The fraction of sp³-hybridized carbons (Fsp3) is 0.176. The fourth-order valence-electron chi connectivity index (χ4n) is 2.33. The number of pyridine rings is 2. The molecule has 0 saturated heterocycles. The normalized spacial score (nSPS) is 10.5. The van der Waals surface area contributed by atoms with Gasteiger partial charge in [0.15, 0.2) is 0 Å². The highest BCUT2D eigenvalue weighted by atomic mass is 16.1. The first-order valence-electron chi connectivity index (χ1n) is 7.31. The topological polar surface area (TPSA) is 72.7 Å². The quantitative estimate of drug-likeness (QED) is 0.779. The number of aromatic nitrogens is 4. The minimum atomic E-state index is -0.0426. The lowest BCUT2D eigenvalue weighted by atomic mass is 10.1. The van der Waals surface area contributed by atoms with Crippen molar-refractivity contribution in [3.63, 3.8) is 0 Å². The molecule has 6 nitrogen and oxygen atoms in total. The first-order valence-corrected chi connectivity index (χ1v) is 7.31. The van der Waals surface area contributed by atoms with Gasteiger partial charge < -0.3 is 5.32 Å². The Morgan fingerprint density at radius 1 is 1.22 bits per heavy atom. The van der Waals surface area contributed by atoms with E-state index >= 15 is 0 Å². The molecule has 0 aliphatic carbocycles. The summed E-state index contributed by atoms with van der Waals surface area (Å²) in [5.74, 6) is -0.0426. The van der Waals surface area contributed by atoms with Crippen molar-refractivity contribution < 1.29 is 4.79 Å². The summed E-state index contributed by atoms with van der Waals surface area (Å²) >= 11 is 0. The summed E-state index contributed by atoms with van der Waals surface area (Å²) in [7, 11) is 1.86. The predicted molar refractivity (Wildman–Crippen MR) is 86.2 cm³/mol. The monoisotopic (exact) mass is 307 g/mol. The fourth-order valence-corrected chi connectivity index (χ4v) is 2.33. The van der Waals surface area contributed by atoms with Crippen molar-refractivity contribution in [3.05, 3.63) is 66.4 Å². The maximum Gasteiger partial charge on any atom is 0.224 e. The first-order chi connectivity index (χ1) is 11.2. The maximum atomic E-state index is 12.1. The number of aryl methyl sites for hydroxylation is 1. The molecular weight excluding hydrogens is 290 g/mol. The van der Waals surface area contributed by atoms with E-state index in [1.54, 1.807) is 29.5 Å². The number of hydrogen-bond acceptors (Lipinski definition) is 4. The highest BCUT2D eigenvalue weighted by molar-refractivity contribution is 5.78. The van der Waals surface area contributed by atoms with Crippen LogP contribution in [0.5, 0.6) is 0 Å². The lowest BCUT2D eigenvalue weighted by Crippen LogP contribution is -2.25. The molecule has 3 heterocycles. The molecule has 1 N–H and O–H groups in total. The zero-order chi connectivity index (χ0) is 16.1. The van der Waals surface area contributed by atoms with Gasteiger partial charge in [0.05, 0.1) is 18.3 Å². The second-order valence-electron chi connectivity index (χ2n) is 5.23. The van der Waals surface area contributed by atoms with Crippen molar-refractivity contribution in [1.82, 2.24) is 25.1 Å². The molecule has 0 aliphatic rings. The van der Waals surface area contributed by atoms with E-state index in [0.29, 0.717) is 13.0 Å². The van der Waals surface area contributed by atoms with E-state index in [-0.39, 0.29) is 5.91 Å². The zero-order valence-corrected chi connectivity index (χ0v) is 12.8. The van der Waals surface area contributed by atoms with Gasteiger partial charge in [0.25, 0.3) is 0 Å². The van der Waals surface area contributed by atoms with E-state index in [1.807, 2.05) is 37.5 Å². The van der Waals surface area contributed by atoms with Crippen molar-refractivity contribution in [1.29, 1.82) is 0 Å². The molecule has 3 aromatic heterocycles. The summed E-state index contributed by atoms with van der Waals surface area (Å²) in [5, 5.41) is 7.10. The van der Waals surface area contributed by atoms with Crippen LogP contribution >= 0.6 is 0 Å². The Kier molecular flexibility index (Phi) is 4.42. The summed E-state index contributed by atoms with van der Waals surface area (Å²) in [6, 6.07) is 7.53. The van der Waals surface area contributed by atoms with E-state index in [2.05, 4.69) is 20.4 Å². The second kappa shape index (κ2) is 6.83. The molecule has 0 saturated carbocycles. The Bertz CT molecular complexity index is 798. The second-order valence-corrected chi connectivity index (χ2v) is 5.23. The minimum absolute atomic E-state index is 0.0426. The van der Waals surface area contributed by atoms with E-state index < -0.39 is 0 Å². The van der Waals surface area contributed by atoms with Gasteiger partial charge in [-0.05, 0) is 23.3 Å². The average molecular weight is 307 g/mol. The molecule has 0 atom stereocenters. The van der Waals surface area contributed by atoms with Crippen LogP contribution in [0, 0.1) is 0 Å². The Labute approximate surface area is 134 Å². The van der Waals surface area contributed by atoms with Crippen molar-refractivity contribution in [2.45, 2.75) is 13.0 Å². The van der Waals surface area contributed by atoms with Gasteiger partial charge in [-0.1, -0.05) is 12.1 Å². The van der Waals surface area contributed by atoms with Gasteiger partial charge in [-0.3, -0.25) is 19.4 Å². The minimum Gasteiger partial charge on any atom is -0.352 e. The molecular formula is C17H17N5O. The summed E-state index contributed by atoms with van der Waals surface area (Å²) in [6.07, 6.45) is 9.12. The van der Waals surface area contributed by atoms with Crippen LogP contribution in [0.15, 0.2) is 55.2 Å². The van der Waals surface area contributed by atoms with Crippen molar-refractivity contribution in [2.75, 3.05) is 0 Å². The lowest BCUT2D eigenvalue weighted by molar-refractivity contribution is -0.120. The van der Waals surface area contributed by atoms with Crippen molar-refractivity contribution >= 4 is 5.91 Å². The van der Waals surface area contributed by atoms with E-state index in [4.69, 9.17) is 0 Å². The summed E-state index contributed by atoms with van der Waals surface area (Å²) in [4.78, 5) is 20.5. The van der Waals surface area contributed by atoms with Gasteiger partial charge >= 0.3 is 0 Å². The molecule has 0 bridgehead atoms. The van der Waals surface area contributed by atoms with Crippen LogP contribution in [0.25, 0.3) is 11.3 Å². The number of rotatable bonds is 5. The Morgan fingerprint density at radius 3 is 2.83 bits per heavy atom. The summed E-state index contributed by atoms with van der Waals surface area (Å²) in [6.45, 7) is 0.428. The van der Waals surface area contributed by atoms with Gasteiger partial charge in [0, 0.05) is 43.9 Å². The van der Waals surface area contributed by atoms with Crippen LogP contribution in [-0.2, 0) is 24.8 Å². The van der Waals surface area contributed by atoms with Crippen molar-refractivity contribution in [2.24, 2.45) is 7.05 Å². The third-order valence-electron chi connectivity index (χ3n) is 3.43. The molecule has 0 radical (unpaired) electrons. The molecule has 23 heavy (non-hydrogen) atoms. The Hall–Kier alpha value is -3.02. The lowest BCUT2D eigenvalue weighted by Gasteiger charge is -2.08. The number of nitrogens with zero attached hydrogens (tertiary/aromatic N) is 4. The number of hydrogen-bond donors (Lipinski definition) is 1. The van der Waals surface area contributed by atoms with Crippen molar-refractivity contribution in [3.8, 4) is 11.3 Å². The molecule has 116 valence electrons. The predicted octanol–water partition coefficient (Wildman–Crippen LogP) is 1.74. The van der Waals surface area contributed by atoms with Crippen LogP contribution in [-0.4, -0.2) is 25.7 Å². The molecule has 6 heteroatoms. The molecule has 0 aliphatic heterocycles. The highest BCUT2D eigenvalue weighted by Crippen LogP contribution is 2.20. The zero-order valence-electron chi connectivity index (χ0n) is 12.8. The SMILES string of the molecule is Cn1cc(-c2ncccc2CNC(=O)Cc2cccnc2)cn1. The number of amides is 1. The Balaban J connectivity index is 1.68. The van der Waals surface area contributed by atoms with Crippen LogP contribution in [0.4, 0.5) is 0 Å². The molecule has 0 unspecified atom stereocenters. The van der Waals surface area contributed by atoms with Crippen LogP contribution in [0.3, 0.4) is 0 Å². The largest absolute Gasteiger partial charge is 0.352 e. The number of carbonyl (C=O) groups is 1. The highest BCUT2D eigenvalue weighted by Gasteiger charge is 2.10. The summed E-state index contributed by atoms with van der Waals surface area (Å²) in [5.41, 5.74) is 3.62. The van der Waals surface area contributed by atoms with Crippen LogP contribution in [0.2, 0.25) is 0 Å². The van der Waals surface area contributed by atoms with Crippen LogP contribution < -0.4 is 5.32 Å². The molecule has 0 fully saturated rings. The third kappa shape index (κ3) is 3.79. The van der Waals surface area contributed by atoms with Crippen LogP contribution in [0.1, 0.15) is 11.1 Å². The number of nitrogens with one attached hydrogen (secondary N) is 1. The molecule has 3 rings (SSSR count). The van der Waals surface area contributed by atoms with Gasteiger partial charge in [-0.2, -0.15) is 5.10 Å². The molecule has 3 aromatic rings. The Morgan fingerprint density at radius 2 is 2.09 bits per heavy atom. The van der Waals surface area contributed by atoms with E-state index in [1.165, 1.54) is 0 Å². The molecule has 0 aromatic carbocycles.